The van der Waals surface area contributed by atoms with Crippen molar-refractivity contribution in [2.75, 3.05) is 6.61 Å². The van der Waals surface area contributed by atoms with Crippen LogP contribution in [0.5, 0.6) is 0 Å². The number of carbonyl (C=O) groups is 2. The van der Waals surface area contributed by atoms with Crippen molar-refractivity contribution in [1.82, 2.24) is 0 Å². The Balaban J connectivity index is 1.48. The molecule has 5 nitrogen and oxygen atoms in total. The summed E-state index contributed by atoms with van der Waals surface area (Å²) in [5.41, 5.74) is 1.72. The van der Waals surface area contributed by atoms with E-state index in [1.807, 2.05) is 42.5 Å². The summed E-state index contributed by atoms with van der Waals surface area (Å²) in [5, 5.41) is 0. The van der Waals surface area contributed by atoms with Gasteiger partial charge in [-0.2, -0.15) is 0 Å². The summed E-state index contributed by atoms with van der Waals surface area (Å²) in [6.45, 7) is -0.0890. The van der Waals surface area contributed by atoms with Gasteiger partial charge in [-0.15, -0.1) is 0 Å². The highest BCUT2D eigenvalue weighted by Crippen LogP contribution is 2.19. The fourth-order valence-corrected chi connectivity index (χ4v) is 3.23. The van der Waals surface area contributed by atoms with Gasteiger partial charge in [0.05, 0.1) is 11.1 Å². The zero-order chi connectivity index (χ0) is 22.9. The molecule has 1 aliphatic rings. The number of ether oxygens (including phenoxy) is 3. The Morgan fingerprint density at radius 3 is 1.97 bits per heavy atom. The third kappa shape index (κ3) is 6.19. The molecule has 1 heterocycles. The van der Waals surface area contributed by atoms with Crippen LogP contribution in [0.25, 0.3) is 0 Å². The topological polar surface area (TPSA) is 61.8 Å². The molecule has 0 spiro atoms. The first-order valence-corrected chi connectivity index (χ1v) is 10.6. The Kier molecular flexibility index (Phi) is 7.32. The third-order valence-electron chi connectivity index (χ3n) is 4.94. The van der Waals surface area contributed by atoms with Gasteiger partial charge in [-0.1, -0.05) is 66.4 Å². The van der Waals surface area contributed by atoms with E-state index in [0.29, 0.717) is 11.1 Å². The van der Waals surface area contributed by atoms with E-state index in [0.717, 1.165) is 5.56 Å². The molecular weight excluding hydrogens is 416 g/mol. The SMILES string of the molecule is O=C(OC[C@H]1O[C@H](C#Cc2ccccc2)C=C[C@H]1OC(=O)c1ccccc1)c1ccccc1. The van der Waals surface area contributed by atoms with Crippen molar-refractivity contribution < 1.29 is 23.8 Å². The zero-order valence-electron chi connectivity index (χ0n) is 17.8. The summed E-state index contributed by atoms with van der Waals surface area (Å²) < 4.78 is 17.1. The van der Waals surface area contributed by atoms with Crippen molar-refractivity contribution in [3.63, 3.8) is 0 Å². The Morgan fingerprint density at radius 2 is 1.33 bits per heavy atom. The summed E-state index contributed by atoms with van der Waals surface area (Å²) in [5.74, 6) is 5.16. The molecule has 164 valence electrons. The minimum atomic E-state index is -0.726. The average molecular weight is 438 g/mol. The minimum absolute atomic E-state index is 0.0890. The maximum absolute atomic E-state index is 12.6. The van der Waals surface area contributed by atoms with Crippen LogP contribution in [0, 0.1) is 11.8 Å². The lowest BCUT2D eigenvalue weighted by Gasteiger charge is -2.30. The molecule has 5 heteroatoms. The first-order valence-electron chi connectivity index (χ1n) is 10.6. The van der Waals surface area contributed by atoms with Crippen molar-refractivity contribution in [1.29, 1.82) is 0 Å². The molecule has 0 unspecified atom stereocenters. The van der Waals surface area contributed by atoms with Crippen LogP contribution in [0.4, 0.5) is 0 Å². The average Bonchev–Trinajstić information content (AvgIpc) is 2.88. The van der Waals surface area contributed by atoms with Crippen molar-refractivity contribution in [3.05, 3.63) is 120 Å². The summed E-state index contributed by atoms with van der Waals surface area (Å²) in [6.07, 6.45) is 1.52. The van der Waals surface area contributed by atoms with Crippen LogP contribution in [0.15, 0.2) is 103 Å². The van der Waals surface area contributed by atoms with E-state index < -0.39 is 30.3 Å². The molecule has 0 bridgehead atoms. The molecule has 3 atom stereocenters. The van der Waals surface area contributed by atoms with E-state index in [4.69, 9.17) is 14.2 Å². The molecule has 3 aromatic rings. The molecule has 3 aromatic carbocycles. The second-order valence-electron chi connectivity index (χ2n) is 7.32. The molecule has 0 fully saturated rings. The van der Waals surface area contributed by atoms with E-state index in [1.165, 1.54) is 0 Å². The third-order valence-corrected chi connectivity index (χ3v) is 4.94. The quantitative estimate of drug-likeness (QED) is 0.335. The highest BCUT2D eigenvalue weighted by Gasteiger charge is 2.31. The van der Waals surface area contributed by atoms with Gasteiger partial charge in [0.15, 0.2) is 0 Å². The summed E-state index contributed by atoms with van der Waals surface area (Å²) in [7, 11) is 0. The van der Waals surface area contributed by atoms with Crippen LogP contribution in [0.3, 0.4) is 0 Å². The summed E-state index contributed by atoms with van der Waals surface area (Å²) >= 11 is 0. The van der Waals surface area contributed by atoms with Crippen molar-refractivity contribution in [3.8, 4) is 11.8 Å². The predicted octanol–water partition coefficient (Wildman–Crippen LogP) is 4.44. The van der Waals surface area contributed by atoms with Gasteiger partial charge in [0, 0.05) is 5.56 Å². The van der Waals surface area contributed by atoms with Gasteiger partial charge in [-0.3, -0.25) is 0 Å². The van der Waals surface area contributed by atoms with Crippen LogP contribution in [-0.2, 0) is 14.2 Å². The van der Waals surface area contributed by atoms with Gasteiger partial charge >= 0.3 is 11.9 Å². The van der Waals surface area contributed by atoms with Gasteiger partial charge < -0.3 is 14.2 Å². The molecular formula is C28H22O5. The monoisotopic (exact) mass is 438 g/mol. The van der Waals surface area contributed by atoms with E-state index >= 15 is 0 Å². The minimum Gasteiger partial charge on any atom is -0.459 e. The maximum Gasteiger partial charge on any atom is 0.338 e. The lowest BCUT2D eigenvalue weighted by molar-refractivity contribution is -0.0762. The molecule has 1 aliphatic heterocycles. The number of hydrogen-bond donors (Lipinski definition) is 0. The van der Waals surface area contributed by atoms with Gasteiger partial charge in [0.2, 0.25) is 0 Å². The molecule has 0 aliphatic carbocycles. The Morgan fingerprint density at radius 1 is 0.758 bits per heavy atom. The van der Waals surface area contributed by atoms with Gasteiger partial charge in [-0.05, 0) is 48.6 Å². The normalized spacial score (nSPS) is 19.1. The van der Waals surface area contributed by atoms with Crippen LogP contribution < -0.4 is 0 Å². The van der Waals surface area contributed by atoms with Crippen molar-refractivity contribution in [2.45, 2.75) is 18.3 Å². The summed E-state index contributed by atoms with van der Waals surface area (Å²) in [6, 6.07) is 26.9. The second-order valence-corrected chi connectivity index (χ2v) is 7.32. The number of carbonyl (C=O) groups excluding carboxylic acids is 2. The van der Waals surface area contributed by atoms with E-state index in [9.17, 15) is 9.59 Å². The van der Waals surface area contributed by atoms with Crippen LogP contribution in [0.2, 0.25) is 0 Å². The standard InChI is InChI=1S/C28H22O5/c29-27(22-12-6-2-7-13-22)31-20-26-25(33-28(30)23-14-8-3-9-15-23)19-18-24(32-26)17-16-21-10-4-1-5-11-21/h1-15,18-19,24-26H,20H2/t24-,25-,26-/m1/s1. The van der Waals surface area contributed by atoms with Gasteiger partial charge in [-0.25, -0.2) is 9.59 Å². The fourth-order valence-electron chi connectivity index (χ4n) is 3.23. The highest BCUT2D eigenvalue weighted by atomic mass is 16.6. The Hall–Kier alpha value is -4.14. The molecule has 4 rings (SSSR count). The number of rotatable bonds is 5. The molecule has 0 radical (unpaired) electrons. The van der Waals surface area contributed by atoms with E-state index in [-0.39, 0.29) is 6.61 Å². The predicted molar refractivity (Wildman–Crippen MR) is 123 cm³/mol. The number of hydrogen-bond acceptors (Lipinski definition) is 5. The van der Waals surface area contributed by atoms with Crippen LogP contribution in [-0.4, -0.2) is 36.9 Å². The maximum atomic E-state index is 12.6. The van der Waals surface area contributed by atoms with Gasteiger partial charge in [0.25, 0.3) is 0 Å². The molecule has 0 amide bonds. The molecule has 0 aromatic heterocycles. The number of esters is 2. The summed E-state index contributed by atoms with van der Waals surface area (Å²) in [4.78, 5) is 25.0. The highest BCUT2D eigenvalue weighted by molar-refractivity contribution is 5.90. The van der Waals surface area contributed by atoms with Crippen LogP contribution >= 0.6 is 0 Å². The first kappa shape index (κ1) is 22.1. The Labute approximate surface area is 192 Å². The van der Waals surface area contributed by atoms with E-state index in [2.05, 4.69) is 11.8 Å². The first-order chi connectivity index (χ1) is 16.2. The smallest absolute Gasteiger partial charge is 0.338 e. The second kappa shape index (κ2) is 10.9. The lowest BCUT2D eigenvalue weighted by Crippen LogP contribution is -2.41. The largest absolute Gasteiger partial charge is 0.459 e. The number of benzene rings is 3. The van der Waals surface area contributed by atoms with Crippen LogP contribution in [0.1, 0.15) is 26.3 Å². The molecule has 0 saturated carbocycles. The zero-order valence-corrected chi connectivity index (χ0v) is 17.8. The fraction of sp³-hybridized carbons (Fsp3) is 0.143. The Bertz CT molecular complexity index is 1160. The molecule has 33 heavy (non-hydrogen) atoms. The van der Waals surface area contributed by atoms with E-state index in [1.54, 1.807) is 60.7 Å². The van der Waals surface area contributed by atoms with Gasteiger partial charge in [0.1, 0.15) is 24.9 Å². The van der Waals surface area contributed by atoms with Crippen molar-refractivity contribution >= 4 is 11.9 Å². The van der Waals surface area contributed by atoms with Crippen molar-refractivity contribution in [2.24, 2.45) is 0 Å². The molecule has 0 N–H and O–H groups in total. The molecule has 0 saturated heterocycles. The lowest BCUT2D eigenvalue weighted by atomic mass is 10.1.